The zero-order valence-electron chi connectivity index (χ0n) is 11.4. The van der Waals surface area contributed by atoms with Gasteiger partial charge in [0.15, 0.2) is 0 Å². The molecule has 0 aromatic heterocycles. The minimum atomic E-state index is -0.384. The Morgan fingerprint density at radius 1 is 1.45 bits per heavy atom. The van der Waals surface area contributed by atoms with Gasteiger partial charge in [-0.2, -0.15) is 0 Å². The van der Waals surface area contributed by atoms with E-state index in [1.54, 1.807) is 12.1 Å². The summed E-state index contributed by atoms with van der Waals surface area (Å²) in [5.41, 5.74) is 0. The second-order valence-corrected chi connectivity index (χ2v) is 4.45. The van der Waals surface area contributed by atoms with Gasteiger partial charge in [-0.25, -0.2) is 4.39 Å². The van der Waals surface area contributed by atoms with Gasteiger partial charge < -0.3 is 14.2 Å². The molecule has 1 aromatic rings. The van der Waals surface area contributed by atoms with Crippen LogP contribution in [0.15, 0.2) is 24.3 Å². The maximum absolute atomic E-state index is 12.7. The number of hydrogen-bond donors (Lipinski definition) is 0. The summed E-state index contributed by atoms with van der Waals surface area (Å²) in [4.78, 5) is 13.6. The molecule has 0 aliphatic carbocycles. The van der Waals surface area contributed by atoms with Crippen LogP contribution in [-0.2, 0) is 14.3 Å². The van der Waals surface area contributed by atoms with E-state index in [9.17, 15) is 9.18 Å². The van der Waals surface area contributed by atoms with E-state index in [-0.39, 0.29) is 17.8 Å². The first-order valence-electron chi connectivity index (χ1n) is 6.48. The van der Waals surface area contributed by atoms with Crippen molar-refractivity contribution in [1.82, 2.24) is 4.90 Å². The Kier molecular flexibility index (Phi) is 5.31. The van der Waals surface area contributed by atoms with Gasteiger partial charge in [0, 0.05) is 13.1 Å². The van der Waals surface area contributed by atoms with E-state index in [1.807, 2.05) is 4.90 Å². The molecule has 0 bridgehead atoms. The lowest BCUT2D eigenvalue weighted by atomic mass is 10.2. The Morgan fingerprint density at radius 2 is 2.20 bits per heavy atom. The van der Waals surface area contributed by atoms with Crippen LogP contribution < -0.4 is 4.74 Å². The molecule has 110 valence electrons. The number of ether oxygens (including phenoxy) is 3. The molecular formula is C14H18FNO4. The predicted octanol–water partition coefficient (Wildman–Crippen LogP) is 1.08. The summed E-state index contributed by atoms with van der Waals surface area (Å²) in [6.07, 6.45) is 0. The van der Waals surface area contributed by atoms with Crippen molar-refractivity contribution in [2.24, 2.45) is 0 Å². The van der Waals surface area contributed by atoms with Gasteiger partial charge in [0.05, 0.1) is 20.3 Å². The molecule has 1 fully saturated rings. The summed E-state index contributed by atoms with van der Waals surface area (Å²) >= 11 is 0. The summed E-state index contributed by atoms with van der Waals surface area (Å²) < 4.78 is 28.3. The fourth-order valence-electron chi connectivity index (χ4n) is 2.07. The molecule has 1 aromatic carbocycles. The average molecular weight is 283 g/mol. The van der Waals surface area contributed by atoms with E-state index in [4.69, 9.17) is 14.2 Å². The number of benzene rings is 1. The Hall–Kier alpha value is -1.66. The van der Waals surface area contributed by atoms with Crippen LogP contribution in [0.5, 0.6) is 5.75 Å². The first kappa shape index (κ1) is 14.7. The SMILES string of the molecule is COC(=O)C1COCCN1CCOc1ccc(F)cc1. The van der Waals surface area contributed by atoms with Crippen LogP contribution >= 0.6 is 0 Å². The highest BCUT2D eigenvalue weighted by atomic mass is 19.1. The van der Waals surface area contributed by atoms with Gasteiger partial charge in [0.25, 0.3) is 0 Å². The molecule has 1 aliphatic rings. The van der Waals surface area contributed by atoms with E-state index in [0.29, 0.717) is 38.7 Å². The Morgan fingerprint density at radius 3 is 2.90 bits per heavy atom. The molecule has 1 unspecified atom stereocenters. The van der Waals surface area contributed by atoms with Gasteiger partial charge >= 0.3 is 5.97 Å². The van der Waals surface area contributed by atoms with E-state index in [1.165, 1.54) is 19.2 Å². The quantitative estimate of drug-likeness (QED) is 0.757. The van der Waals surface area contributed by atoms with Crippen molar-refractivity contribution in [3.05, 3.63) is 30.1 Å². The maximum Gasteiger partial charge on any atom is 0.325 e. The van der Waals surface area contributed by atoms with Crippen molar-refractivity contribution in [2.45, 2.75) is 6.04 Å². The van der Waals surface area contributed by atoms with Gasteiger partial charge in [0.2, 0.25) is 0 Å². The normalized spacial score (nSPS) is 19.6. The van der Waals surface area contributed by atoms with Gasteiger partial charge in [-0.15, -0.1) is 0 Å². The van der Waals surface area contributed by atoms with Crippen molar-refractivity contribution in [1.29, 1.82) is 0 Å². The smallest absolute Gasteiger partial charge is 0.325 e. The van der Waals surface area contributed by atoms with E-state index in [0.717, 1.165) is 0 Å². The first-order chi connectivity index (χ1) is 9.70. The summed E-state index contributed by atoms with van der Waals surface area (Å²) in [5, 5.41) is 0. The molecule has 20 heavy (non-hydrogen) atoms. The average Bonchev–Trinajstić information content (AvgIpc) is 2.49. The molecule has 0 saturated carbocycles. The summed E-state index contributed by atoms with van der Waals surface area (Å²) in [5.74, 6) is 0.0112. The van der Waals surface area contributed by atoms with Gasteiger partial charge in [-0.3, -0.25) is 9.69 Å². The molecular weight excluding hydrogens is 265 g/mol. The fraction of sp³-hybridized carbons (Fsp3) is 0.500. The van der Waals surface area contributed by atoms with E-state index in [2.05, 4.69) is 0 Å². The number of morpholine rings is 1. The number of hydrogen-bond acceptors (Lipinski definition) is 5. The van der Waals surface area contributed by atoms with E-state index >= 15 is 0 Å². The predicted molar refractivity (Wildman–Crippen MR) is 70.1 cm³/mol. The molecule has 0 radical (unpaired) electrons. The standard InChI is InChI=1S/C14H18FNO4/c1-18-14(17)13-10-19-8-6-16(13)7-9-20-12-4-2-11(15)3-5-12/h2-5,13H,6-10H2,1H3. The fourth-order valence-corrected chi connectivity index (χ4v) is 2.07. The summed E-state index contributed by atoms with van der Waals surface area (Å²) in [7, 11) is 1.37. The maximum atomic E-state index is 12.7. The Bertz CT molecular complexity index is 437. The van der Waals surface area contributed by atoms with Crippen LogP contribution in [0, 0.1) is 5.82 Å². The van der Waals surface area contributed by atoms with Crippen LogP contribution in [-0.4, -0.2) is 56.9 Å². The number of halogens is 1. The minimum absolute atomic E-state index is 0.295. The highest BCUT2D eigenvalue weighted by Gasteiger charge is 2.29. The number of methoxy groups -OCH3 is 1. The Labute approximate surface area is 117 Å². The van der Waals surface area contributed by atoms with Crippen LogP contribution in [0.25, 0.3) is 0 Å². The molecule has 5 nitrogen and oxygen atoms in total. The zero-order chi connectivity index (χ0) is 14.4. The lowest BCUT2D eigenvalue weighted by Gasteiger charge is -2.33. The highest BCUT2D eigenvalue weighted by molar-refractivity contribution is 5.75. The van der Waals surface area contributed by atoms with Crippen LogP contribution in [0.3, 0.4) is 0 Å². The molecule has 0 amide bonds. The molecule has 6 heteroatoms. The van der Waals surface area contributed by atoms with Crippen molar-refractivity contribution in [3.63, 3.8) is 0 Å². The van der Waals surface area contributed by atoms with Crippen LogP contribution in [0.4, 0.5) is 4.39 Å². The third kappa shape index (κ3) is 3.91. The van der Waals surface area contributed by atoms with Gasteiger partial charge in [0.1, 0.15) is 24.2 Å². The number of nitrogens with zero attached hydrogens (tertiary/aromatic N) is 1. The largest absolute Gasteiger partial charge is 0.492 e. The summed E-state index contributed by atoms with van der Waals surface area (Å²) in [6, 6.07) is 5.46. The molecule has 2 rings (SSSR count). The Balaban J connectivity index is 1.82. The summed E-state index contributed by atoms with van der Waals surface area (Å²) in [6.45, 7) is 2.58. The minimum Gasteiger partial charge on any atom is -0.492 e. The molecule has 1 aliphatic heterocycles. The van der Waals surface area contributed by atoms with Crippen molar-refractivity contribution >= 4 is 5.97 Å². The third-order valence-corrected chi connectivity index (χ3v) is 3.17. The highest BCUT2D eigenvalue weighted by Crippen LogP contribution is 2.12. The van der Waals surface area contributed by atoms with Gasteiger partial charge in [-0.05, 0) is 24.3 Å². The second kappa shape index (κ2) is 7.21. The zero-order valence-corrected chi connectivity index (χ0v) is 11.4. The van der Waals surface area contributed by atoms with Gasteiger partial charge in [-0.1, -0.05) is 0 Å². The first-order valence-corrected chi connectivity index (χ1v) is 6.48. The van der Waals surface area contributed by atoms with Crippen LogP contribution in [0.1, 0.15) is 0 Å². The lowest BCUT2D eigenvalue weighted by Crippen LogP contribution is -2.51. The third-order valence-electron chi connectivity index (χ3n) is 3.17. The van der Waals surface area contributed by atoms with Crippen molar-refractivity contribution < 1.29 is 23.4 Å². The molecule has 1 saturated heterocycles. The lowest BCUT2D eigenvalue weighted by molar-refractivity contribution is -0.153. The molecule has 1 atom stereocenters. The van der Waals surface area contributed by atoms with Crippen molar-refractivity contribution in [3.8, 4) is 5.75 Å². The van der Waals surface area contributed by atoms with E-state index < -0.39 is 0 Å². The van der Waals surface area contributed by atoms with Crippen LogP contribution in [0.2, 0.25) is 0 Å². The molecule has 0 N–H and O–H groups in total. The monoisotopic (exact) mass is 283 g/mol. The molecule has 1 heterocycles. The van der Waals surface area contributed by atoms with Crippen molar-refractivity contribution in [2.75, 3.05) is 40.0 Å². The number of esters is 1. The number of carbonyl (C=O) groups is 1. The molecule has 0 spiro atoms. The topological polar surface area (TPSA) is 48.0 Å². The number of rotatable bonds is 5. The second-order valence-electron chi connectivity index (χ2n) is 4.45. The number of carbonyl (C=O) groups excluding carboxylic acids is 1.